The Balaban J connectivity index is 2.07. The van der Waals surface area contributed by atoms with E-state index < -0.39 is 0 Å². The van der Waals surface area contributed by atoms with Crippen LogP contribution >= 0.6 is 0 Å². The first-order chi connectivity index (χ1) is 5.22. The second-order valence-corrected chi connectivity index (χ2v) is 3.28. The molecule has 0 heterocycles. The second kappa shape index (κ2) is 3.60. The van der Waals surface area contributed by atoms with E-state index in [2.05, 4.69) is 17.6 Å². The van der Waals surface area contributed by atoms with Gasteiger partial charge in [0.15, 0.2) is 0 Å². The predicted octanol–water partition coefficient (Wildman–Crippen LogP) is 1.10. The highest BCUT2D eigenvalue weighted by Gasteiger charge is 2.26. The minimum atomic E-state index is -0.0237. The maximum atomic E-state index is 10.9. The van der Waals surface area contributed by atoms with E-state index in [0.717, 1.165) is 18.8 Å². The number of nitrogens with one attached hydrogen (secondary N) is 2. The molecule has 0 unspecified atom stereocenters. The first-order valence-electron chi connectivity index (χ1n) is 4.26. The van der Waals surface area contributed by atoms with Gasteiger partial charge >= 0.3 is 6.03 Å². The first kappa shape index (κ1) is 8.37. The molecule has 3 heteroatoms. The van der Waals surface area contributed by atoms with Gasteiger partial charge in [-0.25, -0.2) is 4.79 Å². The largest absolute Gasteiger partial charge is 0.338 e. The SMILES string of the molecule is CCNC(=O)NC1CC(C)C1. The second-order valence-electron chi connectivity index (χ2n) is 3.28. The highest BCUT2D eigenvalue weighted by molar-refractivity contribution is 5.74. The third kappa shape index (κ3) is 2.41. The Hall–Kier alpha value is -0.730. The Morgan fingerprint density at radius 2 is 2.18 bits per heavy atom. The van der Waals surface area contributed by atoms with Gasteiger partial charge < -0.3 is 10.6 Å². The molecule has 3 nitrogen and oxygen atoms in total. The minimum Gasteiger partial charge on any atom is -0.338 e. The molecule has 0 bridgehead atoms. The van der Waals surface area contributed by atoms with Crippen molar-refractivity contribution >= 4 is 6.03 Å². The zero-order valence-corrected chi connectivity index (χ0v) is 7.18. The number of hydrogen-bond acceptors (Lipinski definition) is 1. The Morgan fingerprint density at radius 1 is 1.55 bits per heavy atom. The maximum absolute atomic E-state index is 10.9. The molecule has 2 N–H and O–H groups in total. The molecule has 0 aliphatic heterocycles. The summed E-state index contributed by atoms with van der Waals surface area (Å²) >= 11 is 0. The number of carbonyl (C=O) groups excluding carboxylic acids is 1. The van der Waals surface area contributed by atoms with E-state index in [4.69, 9.17) is 0 Å². The van der Waals surface area contributed by atoms with Crippen LogP contribution in [0.3, 0.4) is 0 Å². The average Bonchev–Trinajstić information content (AvgIpc) is 1.85. The summed E-state index contributed by atoms with van der Waals surface area (Å²) < 4.78 is 0. The molecule has 0 atom stereocenters. The molecule has 64 valence electrons. The molecule has 1 fully saturated rings. The number of amides is 2. The Morgan fingerprint density at radius 3 is 2.64 bits per heavy atom. The van der Waals surface area contributed by atoms with Crippen LogP contribution in [-0.2, 0) is 0 Å². The van der Waals surface area contributed by atoms with Gasteiger partial charge in [-0.1, -0.05) is 6.92 Å². The van der Waals surface area contributed by atoms with E-state index in [0.29, 0.717) is 12.6 Å². The Bertz CT molecular complexity index is 141. The number of hydrogen-bond donors (Lipinski definition) is 2. The zero-order chi connectivity index (χ0) is 8.27. The van der Waals surface area contributed by atoms with Gasteiger partial charge in [-0.2, -0.15) is 0 Å². The molecule has 11 heavy (non-hydrogen) atoms. The number of carbonyl (C=O) groups is 1. The van der Waals surface area contributed by atoms with Crippen LogP contribution in [0.15, 0.2) is 0 Å². The fraction of sp³-hybridized carbons (Fsp3) is 0.875. The summed E-state index contributed by atoms with van der Waals surface area (Å²) in [5, 5.41) is 5.61. The van der Waals surface area contributed by atoms with Crippen molar-refractivity contribution in [3.05, 3.63) is 0 Å². The van der Waals surface area contributed by atoms with Crippen molar-refractivity contribution in [1.82, 2.24) is 10.6 Å². The van der Waals surface area contributed by atoms with Gasteiger partial charge in [0.1, 0.15) is 0 Å². The minimum absolute atomic E-state index is 0.0237. The van der Waals surface area contributed by atoms with E-state index >= 15 is 0 Å². The van der Waals surface area contributed by atoms with E-state index in [1.165, 1.54) is 0 Å². The quantitative estimate of drug-likeness (QED) is 0.617. The van der Waals surface area contributed by atoms with Gasteiger partial charge in [-0.3, -0.25) is 0 Å². The van der Waals surface area contributed by atoms with Crippen molar-refractivity contribution in [2.75, 3.05) is 6.54 Å². The van der Waals surface area contributed by atoms with E-state index in [1.54, 1.807) is 0 Å². The van der Waals surface area contributed by atoms with Crippen LogP contribution < -0.4 is 10.6 Å². The molecule has 1 rings (SSSR count). The van der Waals surface area contributed by atoms with Crippen molar-refractivity contribution in [3.63, 3.8) is 0 Å². The zero-order valence-electron chi connectivity index (χ0n) is 7.18. The van der Waals surface area contributed by atoms with Gasteiger partial charge in [0.05, 0.1) is 0 Å². The summed E-state index contributed by atoms with van der Waals surface area (Å²) in [5.41, 5.74) is 0. The summed E-state index contributed by atoms with van der Waals surface area (Å²) in [6.07, 6.45) is 2.27. The third-order valence-corrected chi connectivity index (χ3v) is 2.05. The molecule has 1 aliphatic carbocycles. The summed E-state index contributed by atoms with van der Waals surface area (Å²) in [7, 11) is 0. The van der Waals surface area contributed by atoms with Crippen LogP contribution in [0.1, 0.15) is 26.7 Å². The normalized spacial score (nSPS) is 28.9. The maximum Gasteiger partial charge on any atom is 0.314 e. The van der Waals surface area contributed by atoms with Crippen molar-refractivity contribution in [2.24, 2.45) is 5.92 Å². The standard InChI is InChI=1S/C8H16N2O/c1-3-9-8(11)10-7-4-6(2)5-7/h6-7H,3-5H2,1-2H3,(H2,9,10,11). The van der Waals surface area contributed by atoms with Gasteiger partial charge in [0.25, 0.3) is 0 Å². The predicted molar refractivity (Wildman–Crippen MR) is 44.4 cm³/mol. The highest BCUT2D eigenvalue weighted by atomic mass is 16.2. The lowest BCUT2D eigenvalue weighted by Crippen LogP contribution is -2.47. The molecule has 0 spiro atoms. The third-order valence-electron chi connectivity index (χ3n) is 2.05. The van der Waals surface area contributed by atoms with Gasteiger partial charge in [-0.05, 0) is 25.7 Å². The summed E-state index contributed by atoms with van der Waals surface area (Å²) in [6.45, 7) is 4.83. The van der Waals surface area contributed by atoms with Crippen LogP contribution in [0, 0.1) is 5.92 Å². The molecular formula is C8H16N2O. The molecule has 0 saturated heterocycles. The van der Waals surface area contributed by atoms with Crippen molar-refractivity contribution in [2.45, 2.75) is 32.7 Å². The van der Waals surface area contributed by atoms with Gasteiger partial charge in [-0.15, -0.1) is 0 Å². The molecule has 0 aromatic rings. The lowest BCUT2D eigenvalue weighted by atomic mass is 9.82. The summed E-state index contributed by atoms with van der Waals surface area (Å²) in [5.74, 6) is 0.793. The lowest BCUT2D eigenvalue weighted by molar-refractivity contribution is 0.210. The molecule has 1 saturated carbocycles. The van der Waals surface area contributed by atoms with Crippen LogP contribution in [0.25, 0.3) is 0 Å². The van der Waals surface area contributed by atoms with Crippen molar-refractivity contribution in [3.8, 4) is 0 Å². The highest BCUT2D eigenvalue weighted by Crippen LogP contribution is 2.25. The van der Waals surface area contributed by atoms with Gasteiger partial charge in [0, 0.05) is 12.6 Å². The lowest BCUT2D eigenvalue weighted by Gasteiger charge is -2.33. The summed E-state index contributed by atoms with van der Waals surface area (Å²) in [6, 6.07) is 0.404. The van der Waals surface area contributed by atoms with Crippen LogP contribution in [0.5, 0.6) is 0 Å². The van der Waals surface area contributed by atoms with E-state index in [1.807, 2.05) is 6.92 Å². The smallest absolute Gasteiger partial charge is 0.314 e. The van der Waals surface area contributed by atoms with Crippen molar-refractivity contribution in [1.29, 1.82) is 0 Å². The molecule has 0 radical (unpaired) electrons. The van der Waals surface area contributed by atoms with E-state index in [-0.39, 0.29) is 6.03 Å². The number of rotatable bonds is 2. The molecular weight excluding hydrogens is 140 g/mol. The molecule has 0 aromatic carbocycles. The van der Waals surface area contributed by atoms with Crippen molar-refractivity contribution < 1.29 is 4.79 Å². The topological polar surface area (TPSA) is 41.1 Å². The van der Waals surface area contributed by atoms with Gasteiger partial charge in [0.2, 0.25) is 0 Å². The van der Waals surface area contributed by atoms with Crippen LogP contribution in [0.2, 0.25) is 0 Å². The van der Waals surface area contributed by atoms with Crippen LogP contribution in [0.4, 0.5) is 4.79 Å². The van der Waals surface area contributed by atoms with Crippen LogP contribution in [-0.4, -0.2) is 18.6 Å². The Labute approximate surface area is 67.5 Å². The number of urea groups is 1. The Kier molecular flexibility index (Phi) is 2.74. The molecule has 1 aliphatic rings. The summed E-state index contributed by atoms with van der Waals surface area (Å²) in [4.78, 5) is 10.9. The fourth-order valence-electron chi connectivity index (χ4n) is 1.42. The monoisotopic (exact) mass is 156 g/mol. The fourth-order valence-corrected chi connectivity index (χ4v) is 1.42. The molecule has 2 amide bonds. The average molecular weight is 156 g/mol. The molecule has 0 aromatic heterocycles. The first-order valence-corrected chi connectivity index (χ1v) is 4.26. The van der Waals surface area contributed by atoms with E-state index in [9.17, 15) is 4.79 Å².